The highest BCUT2D eigenvalue weighted by Gasteiger charge is 2.39. The average Bonchev–Trinajstić information content (AvgIpc) is 3.06. The van der Waals surface area contributed by atoms with E-state index in [4.69, 9.17) is 5.26 Å². The lowest BCUT2D eigenvalue weighted by molar-refractivity contribution is -0.137. The zero-order valence-electron chi connectivity index (χ0n) is 14.2. The van der Waals surface area contributed by atoms with Crippen molar-refractivity contribution >= 4 is 10.0 Å². The first kappa shape index (κ1) is 19.3. The van der Waals surface area contributed by atoms with Crippen LogP contribution in [0.5, 0.6) is 0 Å². The summed E-state index contributed by atoms with van der Waals surface area (Å²) < 4.78 is 68.6. The SMILES string of the molecule is Cn1ccnc1C1CNCCN1S(=O)(=O)c1ccc(C#N)c(C(F)(F)F)c1. The van der Waals surface area contributed by atoms with Crippen LogP contribution in [0.4, 0.5) is 13.2 Å². The van der Waals surface area contributed by atoms with Gasteiger partial charge >= 0.3 is 6.18 Å². The zero-order chi connectivity index (χ0) is 19.8. The number of aryl methyl sites for hydroxylation is 1. The molecule has 1 atom stereocenters. The first-order chi connectivity index (χ1) is 12.7. The van der Waals surface area contributed by atoms with Gasteiger partial charge in [0.1, 0.15) is 5.82 Å². The van der Waals surface area contributed by atoms with E-state index in [1.165, 1.54) is 12.3 Å². The van der Waals surface area contributed by atoms with Gasteiger partial charge in [0.15, 0.2) is 0 Å². The average molecular weight is 399 g/mol. The molecule has 1 saturated heterocycles. The molecule has 7 nitrogen and oxygen atoms in total. The Morgan fingerprint density at radius 1 is 1.37 bits per heavy atom. The van der Waals surface area contributed by atoms with Crippen molar-refractivity contribution in [3.8, 4) is 6.07 Å². The molecule has 0 saturated carbocycles. The van der Waals surface area contributed by atoms with Gasteiger partial charge in [0.05, 0.1) is 28.1 Å². The molecule has 0 bridgehead atoms. The second-order valence-corrected chi connectivity index (χ2v) is 7.94. The van der Waals surface area contributed by atoms with Crippen LogP contribution in [0.15, 0.2) is 35.5 Å². The molecule has 0 spiro atoms. The normalized spacial score (nSPS) is 19.0. The molecule has 1 aromatic carbocycles. The molecule has 1 aliphatic rings. The van der Waals surface area contributed by atoms with Gasteiger partial charge in [-0.1, -0.05) is 0 Å². The second-order valence-electron chi connectivity index (χ2n) is 6.05. The highest BCUT2D eigenvalue weighted by Crippen LogP contribution is 2.35. The number of nitriles is 1. The molecule has 1 unspecified atom stereocenters. The Hall–Kier alpha value is -2.42. The number of sulfonamides is 1. The molecule has 144 valence electrons. The fourth-order valence-corrected chi connectivity index (χ4v) is 4.66. The summed E-state index contributed by atoms with van der Waals surface area (Å²) >= 11 is 0. The first-order valence-electron chi connectivity index (χ1n) is 7.97. The quantitative estimate of drug-likeness (QED) is 0.848. The first-order valence-corrected chi connectivity index (χ1v) is 9.41. The van der Waals surface area contributed by atoms with E-state index in [1.54, 1.807) is 17.8 Å². The van der Waals surface area contributed by atoms with E-state index in [9.17, 15) is 21.6 Å². The molecule has 1 fully saturated rings. The van der Waals surface area contributed by atoms with Gasteiger partial charge in [-0.2, -0.15) is 22.7 Å². The second kappa shape index (κ2) is 6.95. The van der Waals surface area contributed by atoms with Crippen molar-refractivity contribution in [1.82, 2.24) is 19.2 Å². The number of benzene rings is 1. The van der Waals surface area contributed by atoms with Crippen LogP contribution in [0.2, 0.25) is 0 Å². The summed E-state index contributed by atoms with van der Waals surface area (Å²) in [6.07, 6.45) is -1.64. The van der Waals surface area contributed by atoms with Gasteiger partial charge in [-0.3, -0.25) is 0 Å². The minimum absolute atomic E-state index is 0.0845. The third-order valence-electron chi connectivity index (χ3n) is 4.37. The highest BCUT2D eigenvalue weighted by atomic mass is 32.2. The van der Waals surface area contributed by atoms with Crippen LogP contribution in [-0.2, 0) is 23.2 Å². The molecular weight excluding hydrogens is 383 g/mol. The van der Waals surface area contributed by atoms with Crippen molar-refractivity contribution in [3.63, 3.8) is 0 Å². The van der Waals surface area contributed by atoms with E-state index in [2.05, 4.69) is 10.3 Å². The summed E-state index contributed by atoms with van der Waals surface area (Å²) in [5.74, 6) is 0.482. The fraction of sp³-hybridized carbons (Fsp3) is 0.375. The Morgan fingerprint density at radius 3 is 2.70 bits per heavy atom. The molecule has 0 amide bonds. The lowest BCUT2D eigenvalue weighted by atomic mass is 10.1. The number of piperazine rings is 1. The molecular formula is C16H16F3N5O2S. The van der Waals surface area contributed by atoms with Crippen LogP contribution in [0.1, 0.15) is 23.0 Å². The van der Waals surface area contributed by atoms with Crippen LogP contribution in [0.25, 0.3) is 0 Å². The minimum Gasteiger partial charge on any atom is -0.337 e. The number of halogens is 3. The largest absolute Gasteiger partial charge is 0.417 e. The lowest BCUT2D eigenvalue weighted by Crippen LogP contribution is -2.49. The molecule has 0 radical (unpaired) electrons. The van der Waals surface area contributed by atoms with Crippen molar-refractivity contribution in [2.45, 2.75) is 17.1 Å². The Kier molecular flexibility index (Phi) is 4.98. The van der Waals surface area contributed by atoms with Crippen LogP contribution < -0.4 is 5.32 Å². The van der Waals surface area contributed by atoms with Crippen molar-refractivity contribution < 1.29 is 21.6 Å². The van der Waals surface area contributed by atoms with Crippen LogP contribution in [0.3, 0.4) is 0 Å². The summed E-state index contributed by atoms with van der Waals surface area (Å²) in [6, 6.07) is 3.22. The molecule has 3 rings (SSSR count). The molecule has 0 aliphatic carbocycles. The maximum absolute atomic E-state index is 13.2. The van der Waals surface area contributed by atoms with Crippen molar-refractivity contribution in [3.05, 3.63) is 47.5 Å². The number of rotatable bonds is 3. The summed E-state index contributed by atoms with van der Waals surface area (Å²) in [4.78, 5) is 3.67. The van der Waals surface area contributed by atoms with E-state index in [0.717, 1.165) is 16.4 Å². The molecule has 11 heteroatoms. The Labute approximate surface area is 154 Å². The number of aromatic nitrogens is 2. The maximum atomic E-state index is 13.2. The van der Waals surface area contributed by atoms with Crippen LogP contribution in [-0.4, -0.2) is 41.9 Å². The molecule has 1 aliphatic heterocycles. The fourth-order valence-electron chi connectivity index (χ4n) is 3.04. The number of imidazole rings is 1. The van der Waals surface area contributed by atoms with Gasteiger partial charge in [0.2, 0.25) is 10.0 Å². The molecule has 1 aromatic heterocycles. The van der Waals surface area contributed by atoms with Gasteiger partial charge in [-0.25, -0.2) is 13.4 Å². The molecule has 27 heavy (non-hydrogen) atoms. The minimum atomic E-state index is -4.83. The zero-order valence-corrected chi connectivity index (χ0v) is 15.0. The van der Waals surface area contributed by atoms with Crippen LogP contribution >= 0.6 is 0 Å². The summed E-state index contributed by atoms with van der Waals surface area (Å²) in [6.45, 7) is 0.732. The molecule has 2 aromatic rings. The Bertz CT molecular complexity index is 994. The standard InChI is InChI=1S/C16H16F3N5O2S/c1-23-6-5-22-15(23)14-10-21-4-7-24(14)27(25,26)12-3-2-11(9-20)13(8-12)16(17,18)19/h2-3,5-6,8,14,21H,4,7,10H2,1H3. The number of alkyl halides is 3. The summed E-state index contributed by atoms with van der Waals surface area (Å²) in [7, 11) is -2.52. The van der Waals surface area contributed by atoms with Gasteiger partial charge in [0, 0.05) is 39.1 Å². The van der Waals surface area contributed by atoms with Crippen molar-refractivity contribution in [1.29, 1.82) is 5.26 Å². The highest BCUT2D eigenvalue weighted by molar-refractivity contribution is 7.89. The van der Waals surface area contributed by atoms with Gasteiger partial charge in [0.25, 0.3) is 0 Å². The molecule has 1 N–H and O–H groups in total. The number of nitrogens with one attached hydrogen (secondary N) is 1. The van der Waals surface area contributed by atoms with E-state index >= 15 is 0 Å². The summed E-state index contributed by atoms with van der Waals surface area (Å²) in [5.41, 5.74) is -1.89. The van der Waals surface area contributed by atoms with E-state index < -0.39 is 38.3 Å². The topological polar surface area (TPSA) is 91.0 Å². The van der Waals surface area contributed by atoms with Crippen molar-refractivity contribution in [2.24, 2.45) is 7.05 Å². The Balaban J connectivity index is 2.07. The van der Waals surface area contributed by atoms with Crippen molar-refractivity contribution in [2.75, 3.05) is 19.6 Å². The number of hydrogen-bond acceptors (Lipinski definition) is 5. The Morgan fingerprint density at radius 2 is 2.11 bits per heavy atom. The molecule has 2 heterocycles. The maximum Gasteiger partial charge on any atom is 0.417 e. The third-order valence-corrected chi connectivity index (χ3v) is 6.28. The lowest BCUT2D eigenvalue weighted by Gasteiger charge is -2.34. The predicted molar refractivity (Wildman–Crippen MR) is 88.9 cm³/mol. The smallest absolute Gasteiger partial charge is 0.337 e. The monoisotopic (exact) mass is 399 g/mol. The van der Waals surface area contributed by atoms with Gasteiger partial charge in [-0.05, 0) is 18.2 Å². The van der Waals surface area contributed by atoms with E-state index in [0.29, 0.717) is 18.4 Å². The van der Waals surface area contributed by atoms with E-state index in [1.807, 2.05) is 0 Å². The van der Waals surface area contributed by atoms with Crippen LogP contribution in [0, 0.1) is 11.3 Å². The van der Waals surface area contributed by atoms with Gasteiger partial charge in [-0.15, -0.1) is 0 Å². The summed E-state index contributed by atoms with van der Waals surface area (Å²) in [5, 5.41) is 12.0. The predicted octanol–water partition coefficient (Wildman–Crippen LogP) is 1.65. The number of hydrogen-bond donors (Lipinski definition) is 1. The van der Waals surface area contributed by atoms with E-state index in [-0.39, 0.29) is 13.1 Å². The van der Waals surface area contributed by atoms with Gasteiger partial charge < -0.3 is 9.88 Å². The number of nitrogens with zero attached hydrogens (tertiary/aromatic N) is 4. The third kappa shape index (κ3) is 3.55.